The normalized spacial score (nSPS) is 20.2. The van der Waals surface area contributed by atoms with Gasteiger partial charge in [-0.25, -0.2) is 0 Å². The number of aliphatic imine (C=N–C) groups is 1. The van der Waals surface area contributed by atoms with Gasteiger partial charge in [-0.05, 0) is 37.6 Å². The van der Waals surface area contributed by atoms with Gasteiger partial charge in [0.1, 0.15) is 0 Å². The van der Waals surface area contributed by atoms with E-state index in [1.165, 1.54) is 5.69 Å². The van der Waals surface area contributed by atoms with E-state index >= 15 is 0 Å². The van der Waals surface area contributed by atoms with Crippen molar-refractivity contribution in [3.05, 3.63) is 28.7 Å². The Bertz CT molecular complexity index is 416. The average Bonchev–Trinajstić information content (AvgIpc) is 2.78. The van der Waals surface area contributed by atoms with Crippen molar-refractivity contribution >= 4 is 27.6 Å². The number of nitrogens with zero attached hydrogens (tertiary/aromatic N) is 2. The Labute approximate surface area is 116 Å². The predicted octanol–water partition coefficient (Wildman–Crippen LogP) is 1.95. The maximum Gasteiger partial charge on any atom is 0.188 e. The van der Waals surface area contributed by atoms with Gasteiger partial charge in [0.2, 0.25) is 0 Å². The number of benzene rings is 1. The van der Waals surface area contributed by atoms with E-state index in [4.69, 9.17) is 5.73 Å². The van der Waals surface area contributed by atoms with E-state index in [9.17, 15) is 0 Å². The molecule has 0 radical (unpaired) electrons. The molecule has 1 aromatic carbocycles. The molecule has 1 aliphatic heterocycles. The molecule has 1 unspecified atom stereocenters. The van der Waals surface area contributed by atoms with E-state index in [0.717, 1.165) is 30.5 Å². The SMILES string of the molecule is CCN=C(N)NC1CCN(c2ccc(Br)cc2)C1. The Kier molecular flexibility index (Phi) is 4.47. The molecule has 4 nitrogen and oxygen atoms in total. The molecule has 1 heterocycles. The number of rotatable bonds is 3. The molecule has 0 spiro atoms. The van der Waals surface area contributed by atoms with Crippen molar-refractivity contribution in [1.82, 2.24) is 5.32 Å². The highest BCUT2D eigenvalue weighted by Crippen LogP contribution is 2.22. The van der Waals surface area contributed by atoms with Gasteiger partial charge in [0, 0.05) is 35.8 Å². The van der Waals surface area contributed by atoms with Crippen LogP contribution in [0.25, 0.3) is 0 Å². The first-order valence-corrected chi connectivity index (χ1v) is 7.05. The molecule has 0 aromatic heterocycles. The van der Waals surface area contributed by atoms with Crippen LogP contribution in [-0.4, -0.2) is 31.6 Å². The van der Waals surface area contributed by atoms with Crippen molar-refractivity contribution in [3.8, 4) is 0 Å². The predicted molar refractivity (Wildman–Crippen MR) is 80.1 cm³/mol. The molecule has 98 valence electrons. The van der Waals surface area contributed by atoms with E-state index in [2.05, 4.69) is 55.4 Å². The molecular weight excluding hydrogens is 292 g/mol. The number of guanidine groups is 1. The Morgan fingerprint density at radius 2 is 2.22 bits per heavy atom. The van der Waals surface area contributed by atoms with E-state index < -0.39 is 0 Å². The van der Waals surface area contributed by atoms with Crippen LogP contribution < -0.4 is 16.0 Å². The monoisotopic (exact) mass is 310 g/mol. The van der Waals surface area contributed by atoms with Crippen molar-refractivity contribution in [2.24, 2.45) is 10.7 Å². The minimum atomic E-state index is 0.393. The number of nitrogens with one attached hydrogen (secondary N) is 1. The Morgan fingerprint density at radius 3 is 2.89 bits per heavy atom. The summed E-state index contributed by atoms with van der Waals surface area (Å²) >= 11 is 3.45. The second-order valence-corrected chi connectivity index (χ2v) is 5.33. The molecule has 1 fully saturated rings. The van der Waals surface area contributed by atoms with E-state index in [0.29, 0.717) is 12.0 Å². The standard InChI is InChI=1S/C13H19BrN4/c1-2-16-13(15)17-11-7-8-18(9-11)12-5-3-10(14)4-6-12/h3-6,11H,2,7-9H2,1H3,(H3,15,16,17). The van der Waals surface area contributed by atoms with Gasteiger partial charge >= 0.3 is 0 Å². The third-order valence-electron chi connectivity index (χ3n) is 3.06. The molecule has 1 aromatic rings. The van der Waals surface area contributed by atoms with Crippen LogP contribution >= 0.6 is 15.9 Å². The van der Waals surface area contributed by atoms with Crippen molar-refractivity contribution in [2.45, 2.75) is 19.4 Å². The van der Waals surface area contributed by atoms with Crippen LogP contribution in [0.2, 0.25) is 0 Å². The summed E-state index contributed by atoms with van der Waals surface area (Å²) in [7, 11) is 0. The van der Waals surface area contributed by atoms with Gasteiger partial charge in [0.25, 0.3) is 0 Å². The van der Waals surface area contributed by atoms with Crippen molar-refractivity contribution < 1.29 is 0 Å². The summed E-state index contributed by atoms with van der Waals surface area (Å²) in [6, 6.07) is 8.81. The second kappa shape index (κ2) is 6.09. The fourth-order valence-corrected chi connectivity index (χ4v) is 2.45. The summed E-state index contributed by atoms with van der Waals surface area (Å²) in [5, 5.41) is 3.27. The van der Waals surface area contributed by atoms with Crippen LogP contribution in [0.1, 0.15) is 13.3 Å². The largest absolute Gasteiger partial charge is 0.370 e. The molecule has 1 saturated heterocycles. The molecular formula is C13H19BrN4. The lowest BCUT2D eigenvalue weighted by Gasteiger charge is -2.19. The lowest BCUT2D eigenvalue weighted by molar-refractivity contribution is 0.664. The Hall–Kier alpha value is -1.23. The van der Waals surface area contributed by atoms with Gasteiger partial charge in [-0.1, -0.05) is 15.9 Å². The van der Waals surface area contributed by atoms with Crippen LogP contribution in [-0.2, 0) is 0 Å². The molecule has 1 aliphatic rings. The fourth-order valence-electron chi connectivity index (χ4n) is 2.19. The topological polar surface area (TPSA) is 53.6 Å². The first-order chi connectivity index (χ1) is 8.69. The van der Waals surface area contributed by atoms with Crippen LogP contribution in [0.4, 0.5) is 5.69 Å². The molecule has 5 heteroatoms. The summed E-state index contributed by atoms with van der Waals surface area (Å²) in [4.78, 5) is 6.52. The summed E-state index contributed by atoms with van der Waals surface area (Å²) in [5.41, 5.74) is 7.04. The molecule has 3 N–H and O–H groups in total. The molecule has 0 bridgehead atoms. The summed E-state index contributed by atoms with van der Waals surface area (Å²) in [6.07, 6.45) is 1.09. The van der Waals surface area contributed by atoms with E-state index in [-0.39, 0.29) is 0 Å². The average molecular weight is 311 g/mol. The first-order valence-electron chi connectivity index (χ1n) is 6.26. The lowest BCUT2D eigenvalue weighted by atomic mass is 10.3. The highest BCUT2D eigenvalue weighted by molar-refractivity contribution is 9.10. The minimum absolute atomic E-state index is 0.393. The van der Waals surface area contributed by atoms with Crippen LogP contribution in [0.5, 0.6) is 0 Å². The first kappa shape index (κ1) is 13.2. The number of anilines is 1. The number of hydrogen-bond acceptors (Lipinski definition) is 2. The van der Waals surface area contributed by atoms with Gasteiger partial charge in [-0.15, -0.1) is 0 Å². The zero-order valence-electron chi connectivity index (χ0n) is 10.6. The number of nitrogens with two attached hydrogens (primary N) is 1. The zero-order valence-corrected chi connectivity index (χ0v) is 12.2. The van der Waals surface area contributed by atoms with Gasteiger partial charge in [0.05, 0.1) is 0 Å². The summed E-state index contributed by atoms with van der Waals surface area (Å²) in [5.74, 6) is 0.556. The fraction of sp³-hybridized carbons (Fsp3) is 0.462. The Morgan fingerprint density at radius 1 is 1.50 bits per heavy atom. The van der Waals surface area contributed by atoms with Gasteiger partial charge < -0.3 is 16.0 Å². The van der Waals surface area contributed by atoms with Gasteiger partial charge in [-0.2, -0.15) is 0 Å². The van der Waals surface area contributed by atoms with Crippen LogP contribution in [0, 0.1) is 0 Å². The summed E-state index contributed by atoms with van der Waals surface area (Å²) < 4.78 is 1.11. The van der Waals surface area contributed by atoms with Crippen LogP contribution in [0.3, 0.4) is 0 Å². The van der Waals surface area contributed by atoms with Crippen molar-refractivity contribution in [3.63, 3.8) is 0 Å². The summed E-state index contributed by atoms with van der Waals surface area (Å²) in [6.45, 7) is 4.74. The highest BCUT2D eigenvalue weighted by atomic mass is 79.9. The third kappa shape index (κ3) is 3.38. The van der Waals surface area contributed by atoms with Crippen molar-refractivity contribution in [2.75, 3.05) is 24.5 Å². The van der Waals surface area contributed by atoms with Gasteiger partial charge in [-0.3, -0.25) is 4.99 Å². The molecule has 1 atom stereocenters. The maximum absolute atomic E-state index is 5.78. The second-order valence-electron chi connectivity index (χ2n) is 4.41. The smallest absolute Gasteiger partial charge is 0.188 e. The Balaban J connectivity index is 1.92. The quantitative estimate of drug-likeness (QED) is 0.663. The lowest BCUT2D eigenvalue weighted by Crippen LogP contribution is -2.41. The molecule has 0 saturated carbocycles. The number of halogens is 1. The van der Waals surface area contributed by atoms with Crippen LogP contribution in [0.15, 0.2) is 33.7 Å². The maximum atomic E-state index is 5.78. The zero-order chi connectivity index (χ0) is 13.0. The third-order valence-corrected chi connectivity index (χ3v) is 3.59. The number of hydrogen-bond donors (Lipinski definition) is 2. The molecule has 2 rings (SSSR count). The van der Waals surface area contributed by atoms with Crippen molar-refractivity contribution in [1.29, 1.82) is 0 Å². The molecule has 0 amide bonds. The van der Waals surface area contributed by atoms with E-state index in [1.54, 1.807) is 0 Å². The molecule has 18 heavy (non-hydrogen) atoms. The van der Waals surface area contributed by atoms with E-state index in [1.807, 2.05) is 6.92 Å². The van der Waals surface area contributed by atoms with Gasteiger partial charge in [0.15, 0.2) is 5.96 Å². The highest BCUT2D eigenvalue weighted by Gasteiger charge is 2.22. The molecule has 0 aliphatic carbocycles. The minimum Gasteiger partial charge on any atom is -0.370 e.